The molecular weight excluding hydrogens is 279 g/mol. The van der Waals surface area contributed by atoms with Crippen LogP contribution in [0.3, 0.4) is 0 Å². The minimum absolute atomic E-state index is 0.165. The van der Waals surface area contributed by atoms with Gasteiger partial charge in [0.15, 0.2) is 0 Å². The van der Waals surface area contributed by atoms with Crippen LogP contribution >= 0.6 is 22.6 Å². The average molecular weight is 288 g/mol. The zero-order chi connectivity index (χ0) is 9.68. The smallest absolute Gasteiger partial charge is 0.236 e. The summed E-state index contributed by atoms with van der Waals surface area (Å²) < 4.78 is 1.14. The predicted molar refractivity (Wildman–Crippen MR) is 60.6 cm³/mol. The molecule has 0 bridgehead atoms. The summed E-state index contributed by atoms with van der Waals surface area (Å²) in [5.74, 6) is -0.165. The van der Waals surface area contributed by atoms with E-state index >= 15 is 0 Å². The fourth-order valence-electron chi connectivity index (χ4n) is 0.785. The number of nitrogens with zero attached hydrogens (tertiary/aromatic N) is 1. The first-order valence-electron chi connectivity index (χ1n) is 3.73. The lowest BCUT2D eigenvalue weighted by Gasteiger charge is -1.94. The standard InChI is InChI=1S/C9H9IN2O/c1-7(13)12-11-6-8-3-2-4-9(10)5-8/h2-6H,1H3,(H,12,13)/b11-6-. The van der Waals surface area contributed by atoms with Gasteiger partial charge in [0.25, 0.3) is 0 Å². The molecule has 3 nitrogen and oxygen atoms in total. The number of carbonyl (C=O) groups is 1. The fraction of sp³-hybridized carbons (Fsp3) is 0.111. The highest BCUT2D eigenvalue weighted by atomic mass is 127. The van der Waals surface area contributed by atoms with E-state index in [0.717, 1.165) is 9.13 Å². The molecule has 0 aliphatic carbocycles. The molecular formula is C9H9IN2O. The Bertz CT molecular complexity index is 336. The Morgan fingerprint density at radius 2 is 2.38 bits per heavy atom. The summed E-state index contributed by atoms with van der Waals surface area (Å²) in [6.45, 7) is 1.42. The maximum absolute atomic E-state index is 10.5. The summed E-state index contributed by atoms with van der Waals surface area (Å²) in [5.41, 5.74) is 3.31. The summed E-state index contributed by atoms with van der Waals surface area (Å²) in [7, 11) is 0. The number of carbonyl (C=O) groups excluding carboxylic acids is 1. The monoisotopic (exact) mass is 288 g/mol. The highest BCUT2D eigenvalue weighted by molar-refractivity contribution is 14.1. The van der Waals surface area contributed by atoms with E-state index in [1.54, 1.807) is 6.21 Å². The topological polar surface area (TPSA) is 41.5 Å². The Kier molecular flexibility index (Phi) is 3.88. The Labute approximate surface area is 90.4 Å². The van der Waals surface area contributed by atoms with Gasteiger partial charge in [-0.15, -0.1) is 0 Å². The van der Waals surface area contributed by atoms with E-state index in [9.17, 15) is 4.79 Å². The van der Waals surface area contributed by atoms with Crippen LogP contribution in [0.15, 0.2) is 29.4 Å². The first-order chi connectivity index (χ1) is 6.18. The third-order valence-corrected chi connectivity index (χ3v) is 1.96. The second-order valence-corrected chi connectivity index (χ2v) is 3.73. The summed E-state index contributed by atoms with van der Waals surface area (Å²) in [6.07, 6.45) is 1.61. The highest BCUT2D eigenvalue weighted by Gasteiger charge is 1.89. The molecule has 0 saturated heterocycles. The molecule has 4 heteroatoms. The third-order valence-electron chi connectivity index (χ3n) is 1.28. The molecule has 68 valence electrons. The number of halogens is 1. The highest BCUT2D eigenvalue weighted by Crippen LogP contribution is 2.05. The van der Waals surface area contributed by atoms with Gasteiger partial charge in [-0.25, -0.2) is 5.43 Å². The third kappa shape index (κ3) is 4.02. The van der Waals surface area contributed by atoms with E-state index in [4.69, 9.17) is 0 Å². The van der Waals surface area contributed by atoms with Gasteiger partial charge in [0, 0.05) is 10.5 Å². The van der Waals surface area contributed by atoms with Crippen molar-refractivity contribution in [1.82, 2.24) is 5.43 Å². The normalized spacial score (nSPS) is 10.3. The van der Waals surface area contributed by atoms with Crippen LogP contribution in [0.2, 0.25) is 0 Å². The number of hydrogen-bond donors (Lipinski definition) is 1. The lowest BCUT2D eigenvalue weighted by molar-refractivity contribution is -0.118. The van der Waals surface area contributed by atoms with Crippen molar-refractivity contribution in [2.75, 3.05) is 0 Å². The van der Waals surface area contributed by atoms with E-state index in [2.05, 4.69) is 33.1 Å². The van der Waals surface area contributed by atoms with Crippen LogP contribution in [-0.2, 0) is 4.79 Å². The lowest BCUT2D eigenvalue weighted by Crippen LogP contribution is -2.12. The molecule has 0 atom stereocenters. The van der Waals surface area contributed by atoms with Gasteiger partial charge in [-0.1, -0.05) is 12.1 Å². The Morgan fingerprint density at radius 1 is 1.62 bits per heavy atom. The average Bonchev–Trinajstić information content (AvgIpc) is 2.03. The van der Waals surface area contributed by atoms with E-state index in [0.29, 0.717) is 0 Å². The van der Waals surface area contributed by atoms with Gasteiger partial charge in [-0.3, -0.25) is 4.79 Å². The fourth-order valence-corrected chi connectivity index (χ4v) is 1.35. The Hall–Kier alpha value is -0.910. The van der Waals surface area contributed by atoms with E-state index in [-0.39, 0.29) is 5.91 Å². The number of benzene rings is 1. The van der Waals surface area contributed by atoms with Crippen molar-refractivity contribution in [3.8, 4) is 0 Å². The van der Waals surface area contributed by atoms with E-state index < -0.39 is 0 Å². The molecule has 1 amide bonds. The second-order valence-electron chi connectivity index (χ2n) is 2.48. The maximum Gasteiger partial charge on any atom is 0.236 e. The summed E-state index contributed by atoms with van der Waals surface area (Å²) in [5, 5.41) is 3.75. The lowest BCUT2D eigenvalue weighted by atomic mass is 10.2. The molecule has 0 aromatic heterocycles. The van der Waals surface area contributed by atoms with Gasteiger partial charge < -0.3 is 0 Å². The SMILES string of the molecule is CC(=O)N/N=C\c1cccc(I)c1. The van der Waals surface area contributed by atoms with Crippen LogP contribution in [0.25, 0.3) is 0 Å². The molecule has 0 unspecified atom stereocenters. The van der Waals surface area contributed by atoms with E-state index in [1.807, 2.05) is 24.3 Å². The second kappa shape index (κ2) is 4.96. The van der Waals surface area contributed by atoms with Crippen molar-refractivity contribution >= 4 is 34.7 Å². The number of rotatable bonds is 2. The van der Waals surface area contributed by atoms with Crippen molar-refractivity contribution in [1.29, 1.82) is 0 Å². The molecule has 0 aliphatic heterocycles. The van der Waals surface area contributed by atoms with Crippen molar-refractivity contribution < 1.29 is 4.79 Å². The van der Waals surface area contributed by atoms with Crippen molar-refractivity contribution in [3.05, 3.63) is 33.4 Å². The predicted octanol–water partition coefficient (Wildman–Crippen LogP) is 1.76. The Balaban J connectivity index is 2.63. The first kappa shape index (κ1) is 10.2. The zero-order valence-corrected chi connectivity index (χ0v) is 9.28. The Morgan fingerprint density at radius 3 is 3.00 bits per heavy atom. The van der Waals surface area contributed by atoms with Gasteiger partial charge in [0.05, 0.1) is 6.21 Å². The molecule has 13 heavy (non-hydrogen) atoms. The van der Waals surface area contributed by atoms with Gasteiger partial charge in [0.1, 0.15) is 0 Å². The van der Waals surface area contributed by atoms with Crippen molar-refractivity contribution in [2.24, 2.45) is 5.10 Å². The first-order valence-corrected chi connectivity index (χ1v) is 4.81. The van der Waals surface area contributed by atoms with Crippen LogP contribution in [0.5, 0.6) is 0 Å². The van der Waals surface area contributed by atoms with Gasteiger partial charge >= 0.3 is 0 Å². The van der Waals surface area contributed by atoms with Crippen LogP contribution in [0.1, 0.15) is 12.5 Å². The molecule has 0 fully saturated rings. The number of nitrogens with one attached hydrogen (secondary N) is 1. The minimum atomic E-state index is -0.165. The molecule has 0 aliphatic rings. The zero-order valence-electron chi connectivity index (χ0n) is 7.12. The molecule has 0 radical (unpaired) electrons. The van der Waals surface area contributed by atoms with Gasteiger partial charge in [0.2, 0.25) is 5.91 Å². The largest absolute Gasteiger partial charge is 0.274 e. The molecule has 1 N–H and O–H groups in total. The summed E-state index contributed by atoms with van der Waals surface area (Å²) in [6, 6.07) is 7.84. The van der Waals surface area contributed by atoms with Gasteiger partial charge in [-0.2, -0.15) is 5.10 Å². The quantitative estimate of drug-likeness (QED) is 0.503. The number of hydrogen-bond acceptors (Lipinski definition) is 2. The molecule has 1 rings (SSSR count). The van der Waals surface area contributed by atoms with Crippen LogP contribution < -0.4 is 5.43 Å². The number of amides is 1. The number of hydrazone groups is 1. The molecule has 1 aromatic carbocycles. The summed E-state index contributed by atoms with van der Waals surface area (Å²) >= 11 is 2.22. The van der Waals surface area contributed by atoms with E-state index in [1.165, 1.54) is 6.92 Å². The summed E-state index contributed by atoms with van der Waals surface area (Å²) in [4.78, 5) is 10.5. The van der Waals surface area contributed by atoms with Crippen molar-refractivity contribution in [2.45, 2.75) is 6.92 Å². The van der Waals surface area contributed by atoms with Crippen LogP contribution in [0, 0.1) is 3.57 Å². The molecule has 0 saturated carbocycles. The molecule has 1 aromatic rings. The van der Waals surface area contributed by atoms with Gasteiger partial charge in [-0.05, 0) is 40.3 Å². The van der Waals surface area contributed by atoms with Crippen molar-refractivity contribution in [3.63, 3.8) is 0 Å². The maximum atomic E-state index is 10.5. The van der Waals surface area contributed by atoms with Crippen LogP contribution in [0.4, 0.5) is 0 Å². The van der Waals surface area contributed by atoms with Crippen LogP contribution in [-0.4, -0.2) is 12.1 Å². The molecule has 0 heterocycles. The molecule has 0 spiro atoms. The minimum Gasteiger partial charge on any atom is -0.274 e.